The van der Waals surface area contributed by atoms with Crippen LogP contribution in [0, 0.1) is 0 Å². The molecule has 9 heteroatoms. The van der Waals surface area contributed by atoms with E-state index < -0.39 is 11.6 Å². The zero-order valence-electron chi connectivity index (χ0n) is 20.0. The fourth-order valence-electron chi connectivity index (χ4n) is 4.17. The van der Waals surface area contributed by atoms with E-state index >= 15 is 0 Å². The lowest BCUT2D eigenvalue weighted by atomic mass is 9.95. The first-order valence-corrected chi connectivity index (χ1v) is 12.0. The highest BCUT2D eigenvalue weighted by Crippen LogP contribution is 2.39. The molecule has 1 unspecified atom stereocenters. The van der Waals surface area contributed by atoms with Crippen molar-refractivity contribution in [2.75, 3.05) is 25.5 Å². The number of halogens is 2. The van der Waals surface area contributed by atoms with Crippen molar-refractivity contribution in [2.24, 2.45) is 0 Å². The summed E-state index contributed by atoms with van der Waals surface area (Å²) in [4.78, 5) is 31.5. The van der Waals surface area contributed by atoms with Gasteiger partial charge in [0, 0.05) is 40.6 Å². The molecule has 184 valence electrons. The monoisotopic (exact) mass is 515 g/mol. The van der Waals surface area contributed by atoms with Gasteiger partial charge in [0.1, 0.15) is 5.60 Å². The molecule has 2 heterocycles. The second-order valence-electron chi connectivity index (χ2n) is 9.47. The number of ether oxygens (including phenoxy) is 2. The smallest absolute Gasteiger partial charge is 0.410 e. The molecule has 1 N–H and O–H groups in total. The lowest BCUT2D eigenvalue weighted by Gasteiger charge is -2.25. The number of likely N-dealkylation sites (tertiary alicyclic amines) is 1. The highest BCUT2D eigenvalue weighted by atomic mass is 35.5. The van der Waals surface area contributed by atoms with Crippen molar-refractivity contribution in [3.63, 3.8) is 0 Å². The number of carbonyl (C=O) groups is 2. The average Bonchev–Trinajstić information content (AvgIpc) is 3.29. The molecule has 4 rings (SSSR count). The minimum absolute atomic E-state index is 0.00905. The van der Waals surface area contributed by atoms with Gasteiger partial charge in [-0.2, -0.15) is 0 Å². The van der Waals surface area contributed by atoms with Gasteiger partial charge >= 0.3 is 12.1 Å². The standard InChI is InChI=1S/C26H27Cl2N3O4/c1-26(2,3)35-25(33)31-10-9-15(14-31)20-13-29-21-7-5-16(27)11-18(21)23(20)30-22-8-6-17(28)12-19(22)24(32)34-4/h5-8,11-13,15H,9-10,14H2,1-4H3,(H,29,30). The zero-order chi connectivity index (χ0) is 25.3. The molecule has 3 aromatic rings. The SMILES string of the molecule is COC(=O)c1cc(Cl)ccc1Nc1c(C2CCN(C(=O)OC(C)(C)C)C2)cnc2ccc(Cl)cc12. The van der Waals surface area contributed by atoms with Crippen molar-refractivity contribution < 1.29 is 19.1 Å². The van der Waals surface area contributed by atoms with Gasteiger partial charge in [-0.25, -0.2) is 9.59 Å². The number of methoxy groups -OCH3 is 1. The number of amides is 1. The van der Waals surface area contributed by atoms with E-state index in [1.165, 1.54) is 7.11 Å². The molecule has 0 spiro atoms. The van der Waals surface area contributed by atoms with Gasteiger partial charge in [0.2, 0.25) is 0 Å². The van der Waals surface area contributed by atoms with Crippen LogP contribution in [0.3, 0.4) is 0 Å². The third-order valence-corrected chi connectivity index (χ3v) is 6.26. The minimum atomic E-state index is -0.567. The summed E-state index contributed by atoms with van der Waals surface area (Å²) in [5, 5.41) is 5.20. The maximum atomic E-state index is 12.6. The van der Waals surface area contributed by atoms with Crippen molar-refractivity contribution in [2.45, 2.75) is 38.7 Å². The van der Waals surface area contributed by atoms with E-state index in [1.54, 1.807) is 29.2 Å². The van der Waals surface area contributed by atoms with E-state index in [0.29, 0.717) is 34.4 Å². The predicted octanol–water partition coefficient (Wildman–Crippen LogP) is 6.80. The van der Waals surface area contributed by atoms with Crippen LogP contribution in [-0.2, 0) is 9.47 Å². The van der Waals surface area contributed by atoms with Gasteiger partial charge in [0.15, 0.2) is 0 Å². The van der Waals surface area contributed by atoms with E-state index in [2.05, 4.69) is 10.3 Å². The number of benzene rings is 2. The summed E-state index contributed by atoms with van der Waals surface area (Å²) in [6.07, 6.45) is 2.22. The van der Waals surface area contributed by atoms with Gasteiger partial charge in [0.05, 0.1) is 29.6 Å². The number of anilines is 2. The molecule has 1 aliphatic rings. The largest absolute Gasteiger partial charge is 0.465 e. The molecule has 0 aliphatic carbocycles. The number of fused-ring (bicyclic) bond motifs is 1. The normalized spacial score (nSPS) is 15.8. The van der Waals surface area contributed by atoms with Crippen LogP contribution in [-0.4, -0.2) is 47.7 Å². The fourth-order valence-corrected chi connectivity index (χ4v) is 4.52. The topological polar surface area (TPSA) is 80.8 Å². The maximum absolute atomic E-state index is 12.6. The Morgan fingerprint density at radius 2 is 1.83 bits per heavy atom. The molecule has 1 fully saturated rings. The van der Waals surface area contributed by atoms with Crippen LogP contribution in [0.15, 0.2) is 42.6 Å². The Kier molecular flexibility index (Phi) is 7.10. The first-order valence-electron chi connectivity index (χ1n) is 11.3. The number of hydrogen-bond donors (Lipinski definition) is 1. The number of esters is 1. The van der Waals surface area contributed by atoms with Gasteiger partial charge in [0.25, 0.3) is 0 Å². The van der Waals surface area contributed by atoms with E-state index in [-0.39, 0.29) is 12.0 Å². The van der Waals surface area contributed by atoms with E-state index in [1.807, 2.05) is 39.1 Å². The van der Waals surface area contributed by atoms with Gasteiger partial charge < -0.3 is 19.7 Å². The fraction of sp³-hybridized carbons (Fsp3) is 0.346. The van der Waals surface area contributed by atoms with Crippen LogP contribution < -0.4 is 5.32 Å². The summed E-state index contributed by atoms with van der Waals surface area (Å²) < 4.78 is 10.5. The predicted molar refractivity (Wildman–Crippen MR) is 138 cm³/mol. The number of carbonyl (C=O) groups excluding carboxylic acids is 2. The lowest BCUT2D eigenvalue weighted by molar-refractivity contribution is 0.0292. The van der Waals surface area contributed by atoms with Gasteiger partial charge in [-0.1, -0.05) is 23.2 Å². The van der Waals surface area contributed by atoms with Crippen molar-refractivity contribution in [1.82, 2.24) is 9.88 Å². The van der Waals surface area contributed by atoms with E-state index in [9.17, 15) is 9.59 Å². The van der Waals surface area contributed by atoms with Crippen molar-refractivity contribution >= 4 is 57.5 Å². The Balaban J connectivity index is 1.76. The van der Waals surface area contributed by atoms with Crippen LogP contribution in [0.5, 0.6) is 0 Å². The number of nitrogens with one attached hydrogen (secondary N) is 1. The molecule has 1 saturated heterocycles. The average molecular weight is 516 g/mol. The Morgan fingerprint density at radius 1 is 1.11 bits per heavy atom. The van der Waals surface area contributed by atoms with Crippen molar-refractivity contribution in [3.05, 3.63) is 63.8 Å². The van der Waals surface area contributed by atoms with Crippen LogP contribution in [0.4, 0.5) is 16.2 Å². The van der Waals surface area contributed by atoms with Gasteiger partial charge in [-0.05, 0) is 69.2 Å². The molecule has 1 aliphatic heterocycles. The summed E-state index contributed by atoms with van der Waals surface area (Å²) in [5.41, 5.74) is 2.70. The maximum Gasteiger partial charge on any atom is 0.410 e. The van der Waals surface area contributed by atoms with E-state index in [4.69, 9.17) is 32.7 Å². The molecule has 1 aromatic heterocycles. The second kappa shape index (κ2) is 9.91. The third-order valence-electron chi connectivity index (χ3n) is 5.79. The van der Waals surface area contributed by atoms with Gasteiger partial charge in [-0.15, -0.1) is 0 Å². The van der Waals surface area contributed by atoms with Crippen LogP contribution in [0.25, 0.3) is 10.9 Å². The van der Waals surface area contributed by atoms with Crippen molar-refractivity contribution in [1.29, 1.82) is 0 Å². The minimum Gasteiger partial charge on any atom is -0.465 e. The Hall–Kier alpha value is -3.03. The Morgan fingerprint density at radius 3 is 2.54 bits per heavy atom. The molecular formula is C26H27Cl2N3O4. The molecular weight excluding hydrogens is 489 g/mol. The molecule has 35 heavy (non-hydrogen) atoms. The van der Waals surface area contributed by atoms with Crippen LogP contribution >= 0.6 is 23.2 Å². The summed E-state index contributed by atoms with van der Waals surface area (Å²) >= 11 is 12.5. The molecule has 1 amide bonds. The quantitative estimate of drug-likeness (QED) is 0.385. The number of hydrogen-bond acceptors (Lipinski definition) is 6. The summed E-state index contributed by atoms with van der Waals surface area (Å²) in [6.45, 7) is 6.61. The molecule has 0 radical (unpaired) electrons. The number of pyridine rings is 1. The number of aromatic nitrogens is 1. The lowest BCUT2D eigenvalue weighted by Crippen LogP contribution is -2.35. The highest BCUT2D eigenvalue weighted by molar-refractivity contribution is 6.31. The third kappa shape index (κ3) is 5.63. The number of rotatable bonds is 4. The zero-order valence-corrected chi connectivity index (χ0v) is 21.5. The number of nitrogens with zero attached hydrogens (tertiary/aromatic N) is 2. The molecule has 0 saturated carbocycles. The molecule has 2 aromatic carbocycles. The molecule has 7 nitrogen and oxygen atoms in total. The second-order valence-corrected chi connectivity index (χ2v) is 10.3. The van der Waals surface area contributed by atoms with Gasteiger partial charge in [-0.3, -0.25) is 4.98 Å². The van der Waals surface area contributed by atoms with Crippen molar-refractivity contribution in [3.8, 4) is 0 Å². The van der Waals surface area contributed by atoms with E-state index in [0.717, 1.165) is 28.6 Å². The Bertz CT molecular complexity index is 1290. The summed E-state index contributed by atoms with van der Waals surface area (Å²) in [5.74, 6) is -0.500. The summed E-state index contributed by atoms with van der Waals surface area (Å²) in [7, 11) is 1.32. The highest BCUT2D eigenvalue weighted by Gasteiger charge is 2.32. The first-order chi connectivity index (χ1) is 16.6. The first kappa shape index (κ1) is 25.1. The molecule has 0 bridgehead atoms. The Labute approximate surface area is 214 Å². The molecule has 1 atom stereocenters. The van der Waals surface area contributed by atoms with Crippen LogP contribution in [0.1, 0.15) is 49.0 Å². The summed E-state index contributed by atoms with van der Waals surface area (Å²) in [6, 6.07) is 10.5. The van der Waals surface area contributed by atoms with Crippen LogP contribution in [0.2, 0.25) is 10.0 Å².